The molecule has 8 heteroatoms. The number of hydrogen-bond acceptors (Lipinski definition) is 5. The third kappa shape index (κ3) is 5.05. The van der Waals surface area contributed by atoms with Crippen LogP contribution in [0.3, 0.4) is 0 Å². The Bertz CT molecular complexity index is 1360. The fraction of sp³-hybridized carbons (Fsp3) is 0.333. The molecule has 38 heavy (non-hydrogen) atoms. The average molecular weight is 526 g/mol. The van der Waals surface area contributed by atoms with Crippen molar-refractivity contribution in [2.24, 2.45) is 5.92 Å². The van der Waals surface area contributed by atoms with Crippen molar-refractivity contribution in [1.82, 2.24) is 4.90 Å². The third-order valence-corrected chi connectivity index (χ3v) is 7.44. The van der Waals surface area contributed by atoms with Gasteiger partial charge in [0.05, 0.1) is 6.67 Å². The van der Waals surface area contributed by atoms with E-state index in [0.717, 1.165) is 25.6 Å². The topological polar surface area (TPSA) is 62.2 Å². The van der Waals surface area contributed by atoms with E-state index >= 15 is 4.39 Å². The second kappa shape index (κ2) is 10.6. The highest BCUT2D eigenvalue weighted by molar-refractivity contribution is 5.96. The zero-order valence-electron chi connectivity index (χ0n) is 21.3. The maximum Gasteiger partial charge on any atom is 0.167 e. The molecule has 0 aliphatic carbocycles. The van der Waals surface area contributed by atoms with Crippen molar-refractivity contribution in [3.05, 3.63) is 82.9 Å². The Balaban J connectivity index is 1.42. The van der Waals surface area contributed by atoms with Crippen LogP contribution in [0.4, 0.5) is 13.2 Å². The molecule has 3 atom stereocenters. The maximum absolute atomic E-state index is 15.0. The monoisotopic (exact) mass is 525 g/mol. The summed E-state index contributed by atoms with van der Waals surface area (Å²) >= 11 is 0. The smallest absolute Gasteiger partial charge is 0.167 e. The minimum Gasteiger partial charge on any atom is -0.508 e. The Morgan fingerprint density at radius 1 is 1.03 bits per heavy atom. The number of phenolic OH excluding ortho intramolecular Hbond substituents is 2. The van der Waals surface area contributed by atoms with Crippen molar-refractivity contribution in [1.29, 1.82) is 0 Å². The number of nitrogens with zero attached hydrogens (tertiary/aromatic N) is 1. The molecule has 0 spiro atoms. The van der Waals surface area contributed by atoms with Gasteiger partial charge in [-0.25, -0.2) is 8.78 Å². The molecule has 1 saturated heterocycles. The van der Waals surface area contributed by atoms with Crippen molar-refractivity contribution >= 4 is 11.1 Å². The summed E-state index contributed by atoms with van der Waals surface area (Å²) in [6.07, 6.45) is 0.100. The van der Waals surface area contributed by atoms with E-state index in [-0.39, 0.29) is 29.9 Å². The van der Waals surface area contributed by atoms with Gasteiger partial charge in [-0.2, -0.15) is 0 Å². The molecule has 0 aromatic heterocycles. The van der Waals surface area contributed by atoms with Gasteiger partial charge >= 0.3 is 0 Å². The van der Waals surface area contributed by atoms with Crippen LogP contribution in [0.2, 0.25) is 0 Å². The van der Waals surface area contributed by atoms with Gasteiger partial charge in [-0.15, -0.1) is 0 Å². The molecular formula is C30H30F3NO4. The lowest BCUT2D eigenvalue weighted by atomic mass is 9.85. The number of fused-ring (bicyclic) bond motifs is 1. The highest BCUT2D eigenvalue weighted by Gasteiger charge is 2.32. The first-order valence-electron chi connectivity index (χ1n) is 12.7. The van der Waals surface area contributed by atoms with E-state index in [0.29, 0.717) is 46.4 Å². The maximum atomic E-state index is 15.0. The van der Waals surface area contributed by atoms with Gasteiger partial charge in [0.15, 0.2) is 11.6 Å². The van der Waals surface area contributed by atoms with Crippen molar-refractivity contribution in [3.8, 4) is 23.0 Å². The van der Waals surface area contributed by atoms with Crippen LogP contribution in [0.25, 0.3) is 11.1 Å². The van der Waals surface area contributed by atoms with Crippen LogP contribution in [0, 0.1) is 17.6 Å². The van der Waals surface area contributed by atoms with E-state index in [9.17, 15) is 19.0 Å². The number of rotatable bonds is 7. The first kappa shape index (κ1) is 26.0. The molecule has 0 amide bonds. The number of halogens is 3. The number of phenols is 2. The SMILES string of the molecule is CC1=C(c2cc(O)c(F)cc2F)C(c2ccc(OCC(C)N3CCC(CF)C3)cc2)Oc2ccc(O)cc21. The highest BCUT2D eigenvalue weighted by atomic mass is 19.1. The Morgan fingerprint density at radius 2 is 1.79 bits per heavy atom. The Labute approximate surface area is 219 Å². The van der Waals surface area contributed by atoms with Gasteiger partial charge in [-0.05, 0) is 74.3 Å². The molecule has 2 N–H and O–H groups in total. The normalized spacial score (nSPS) is 20.2. The molecule has 2 aliphatic rings. The number of alkyl halides is 1. The fourth-order valence-corrected chi connectivity index (χ4v) is 5.21. The molecule has 2 aliphatic heterocycles. The third-order valence-electron chi connectivity index (χ3n) is 7.44. The first-order valence-corrected chi connectivity index (χ1v) is 12.7. The van der Waals surface area contributed by atoms with Crippen LogP contribution < -0.4 is 9.47 Å². The minimum absolute atomic E-state index is 0.00624. The van der Waals surface area contributed by atoms with Gasteiger partial charge in [0.25, 0.3) is 0 Å². The molecule has 0 bridgehead atoms. The standard InChI is InChI=1S/C30H30F3NO4/c1-17(34-10-9-19(14-31)15-34)16-37-22-6-3-20(4-7-22)30-29(24-12-27(36)26(33)13-25(24)32)18(2)23-11-21(35)5-8-28(23)38-30/h3-8,11-13,17,19,30,35-36H,9-10,14-16H2,1-2H3. The molecule has 1 fully saturated rings. The number of aromatic hydroxyl groups is 2. The second-order valence-corrected chi connectivity index (χ2v) is 10.0. The molecule has 5 rings (SSSR count). The van der Waals surface area contributed by atoms with Crippen LogP contribution in [-0.2, 0) is 0 Å². The van der Waals surface area contributed by atoms with E-state index in [4.69, 9.17) is 9.47 Å². The lowest BCUT2D eigenvalue weighted by Crippen LogP contribution is -2.35. The molecule has 5 nitrogen and oxygen atoms in total. The van der Waals surface area contributed by atoms with Gasteiger partial charge in [0, 0.05) is 41.3 Å². The zero-order valence-corrected chi connectivity index (χ0v) is 21.3. The van der Waals surface area contributed by atoms with Gasteiger partial charge < -0.3 is 19.7 Å². The van der Waals surface area contributed by atoms with Gasteiger partial charge in [0.1, 0.15) is 35.8 Å². The van der Waals surface area contributed by atoms with Crippen molar-refractivity contribution in [2.75, 3.05) is 26.4 Å². The number of benzene rings is 3. The van der Waals surface area contributed by atoms with Crippen LogP contribution in [0.1, 0.15) is 43.1 Å². The summed E-state index contributed by atoms with van der Waals surface area (Å²) in [5.74, 6) is -1.28. The predicted molar refractivity (Wildman–Crippen MR) is 139 cm³/mol. The van der Waals surface area contributed by atoms with Crippen LogP contribution >= 0.6 is 0 Å². The lowest BCUT2D eigenvalue weighted by molar-refractivity contribution is 0.165. The summed E-state index contributed by atoms with van der Waals surface area (Å²) in [7, 11) is 0. The molecule has 2 heterocycles. The van der Waals surface area contributed by atoms with E-state index in [2.05, 4.69) is 11.8 Å². The van der Waals surface area contributed by atoms with Gasteiger partial charge in [-0.1, -0.05) is 12.1 Å². The molecule has 3 aromatic carbocycles. The van der Waals surface area contributed by atoms with E-state index in [1.54, 1.807) is 25.1 Å². The van der Waals surface area contributed by atoms with E-state index in [1.807, 2.05) is 12.1 Å². The number of allylic oxidation sites excluding steroid dienone is 1. The quantitative estimate of drug-likeness (QED) is 0.369. The fourth-order valence-electron chi connectivity index (χ4n) is 5.21. The molecule has 3 aromatic rings. The predicted octanol–water partition coefficient (Wildman–Crippen LogP) is 6.50. The summed E-state index contributed by atoms with van der Waals surface area (Å²) in [5.41, 5.74) is 2.32. The number of hydrogen-bond donors (Lipinski definition) is 2. The van der Waals surface area contributed by atoms with Crippen molar-refractivity contribution in [2.45, 2.75) is 32.4 Å². The van der Waals surface area contributed by atoms with Crippen molar-refractivity contribution in [3.63, 3.8) is 0 Å². The minimum atomic E-state index is -1.05. The molecule has 200 valence electrons. The highest BCUT2D eigenvalue weighted by Crippen LogP contribution is 2.48. The second-order valence-electron chi connectivity index (χ2n) is 10.0. The van der Waals surface area contributed by atoms with Crippen molar-refractivity contribution < 1.29 is 32.9 Å². The lowest BCUT2D eigenvalue weighted by Gasteiger charge is -2.31. The van der Waals surface area contributed by atoms with Crippen LogP contribution in [0.5, 0.6) is 23.0 Å². The summed E-state index contributed by atoms with van der Waals surface area (Å²) in [4.78, 5) is 2.23. The average Bonchev–Trinajstić information content (AvgIpc) is 3.40. The Kier molecular flexibility index (Phi) is 7.25. The molecular weight excluding hydrogens is 495 g/mol. The summed E-state index contributed by atoms with van der Waals surface area (Å²) < 4.78 is 54.1. The Morgan fingerprint density at radius 3 is 2.50 bits per heavy atom. The molecule has 0 radical (unpaired) electrons. The number of ether oxygens (including phenoxy) is 2. The van der Waals surface area contributed by atoms with Crippen LogP contribution in [0.15, 0.2) is 54.6 Å². The summed E-state index contributed by atoms with van der Waals surface area (Å²) in [6.45, 7) is 5.60. The largest absolute Gasteiger partial charge is 0.508 e. The van der Waals surface area contributed by atoms with Gasteiger partial charge in [0.2, 0.25) is 0 Å². The number of likely N-dealkylation sites (tertiary alicyclic amines) is 1. The first-order chi connectivity index (χ1) is 18.2. The summed E-state index contributed by atoms with van der Waals surface area (Å²) in [5, 5.41) is 20.0. The van der Waals surface area contributed by atoms with Gasteiger partial charge in [-0.3, -0.25) is 9.29 Å². The van der Waals surface area contributed by atoms with Crippen LogP contribution in [-0.4, -0.2) is 47.5 Å². The molecule has 3 unspecified atom stereocenters. The van der Waals surface area contributed by atoms with E-state index < -0.39 is 23.5 Å². The van der Waals surface area contributed by atoms with E-state index in [1.165, 1.54) is 12.1 Å². The Hall–Kier alpha value is -3.65. The molecule has 0 saturated carbocycles. The summed E-state index contributed by atoms with van der Waals surface area (Å²) in [6, 6.07) is 13.8. The zero-order chi connectivity index (χ0) is 27.0.